The van der Waals surface area contributed by atoms with Gasteiger partial charge in [-0.05, 0) is 113 Å². The zero-order valence-corrected chi connectivity index (χ0v) is 36.0. The smallest absolute Gasteiger partial charge is 0.407 e. The Kier molecular flexibility index (Phi) is 18.5. The number of carbonyl (C=O) groups excluding carboxylic acids is 4. The summed E-state index contributed by atoms with van der Waals surface area (Å²) in [5.41, 5.74) is 2.15. The predicted octanol–water partition coefficient (Wildman–Crippen LogP) is 9.69. The molecule has 61 heavy (non-hydrogen) atoms. The van der Waals surface area contributed by atoms with Crippen LogP contribution in [0.5, 0.6) is 23.0 Å². The first kappa shape index (κ1) is 47.1. The highest BCUT2D eigenvalue weighted by atomic mass is 16.6. The highest BCUT2D eigenvalue weighted by Crippen LogP contribution is 2.31. The first-order valence-corrected chi connectivity index (χ1v) is 20.3. The third-order valence-electron chi connectivity index (χ3n) is 8.18. The zero-order chi connectivity index (χ0) is 44.1. The van der Waals surface area contributed by atoms with Crippen molar-refractivity contribution in [3.8, 4) is 23.0 Å². The summed E-state index contributed by atoms with van der Waals surface area (Å²) in [6, 6.07) is 30.1. The van der Waals surface area contributed by atoms with Crippen LogP contribution in [-0.2, 0) is 32.3 Å². The van der Waals surface area contributed by atoms with Crippen LogP contribution in [0.4, 0.5) is 9.59 Å². The molecule has 0 spiro atoms. The number of benzene rings is 4. The second kappa shape index (κ2) is 23.9. The number of ether oxygens (including phenoxy) is 6. The number of amides is 2. The lowest BCUT2D eigenvalue weighted by molar-refractivity contribution is -0.121. The third-order valence-corrected chi connectivity index (χ3v) is 8.18. The summed E-state index contributed by atoms with van der Waals surface area (Å²) in [6.45, 7) is 12.8. The standard InChI is InChI=1S/C49H58N2O10/c1-48(2,3)60-46(54)50-27-13-29-56-42-25-21-36(31-44(42)58-34-38-15-9-7-10-16-38)19-23-40(52)33-41(53)24-20-37-22-26-43(45(32-37)59-35-39-17-11-8-12-18-39)57-30-14-28-51-47(55)61-49(4,5)6/h7-12,15-26,31-32H,13-14,27-30,33-35H2,1-6H3,(H,50,54)(H,51,55)/b23-19+,24-20+. The average molecular weight is 835 g/mol. The number of rotatable bonds is 22. The molecule has 0 atom stereocenters. The minimum absolute atomic E-state index is 0.301. The fourth-order valence-electron chi connectivity index (χ4n) is 5.38. The van der Waals surface area contributed by atoms with E-state index in [1.54, 1.807) is 90.1 Å². The maximum atomic E-state index is 12.9. The van der Waals surface area contributed by atoms with E-state index in [9.17, 15) is 19.2 Å². The van der Waals surface area contributed by atoms with Crippen molar-refractivity contribution < 1.29 is 47.6 Å². The highest BCUT2D eigenvalue weighted by Gasteiger charge is 2.17. The van der Waals surface area contributed by atoms with Crippen molar-refractivity contribution in [1.29, 1.82) is 0 Å². The average Bonchev–Trinajstić information content (AvgIpc) is 3.20. The molecule has 0 aliphatic heterocycles. The molecule has 324 valence electrons. The van der Waals surface area contributed by atoms with Gasteiger partial charge in [0.1, 0.15) is 24.4 Å². The Bertz CT molecular complexity index is 1940. The van der Waals surface area contributed by atoms with Crippen LogP contribution in [0.25, 0.3) is 12.2 Å². The van der Waals surface area contributed by atoms with Crippen LogP contribution in [0.2, 0.25) is 0 Å². The molecule has 2 N–H and O–H groups in total. The number of carbonyl (C=O) groups is 4. The molecule has 0 heterocycles. The maximum absolute atomic E-state index is 12.9. The van der Waals surface area contributed by atoms with Crippen LogP contribution < -0.4 is 29.6 Å². The normalized spacial score (nSPS) is 11.5. The number of ketones is 2. The highest BCUT2D eigenvalue weighted by molar-refractivity contribution is 6.10. The first-order chi connectivity index (χ1) is 29.1. The number of nitrogens with one attached hydrogen (secondary N) is 2. The van der Waals surface area contributed by atoms with Gasteiger partial charge < -0.3 is 39.1 Å². The summed E-state index contributed by atoms with van der Waals surface area (Å²) in [5, 5.41) is 5.44. The number of hydrogen-bond donors (Lipinski definition) is 2. The van der Waals surface area contributed by atoms with Crippen LogP contribution in [-0.4, -0.2) is 61.3 Å². The number of alkyl carbamates (subject to hydrolysis) is 2. The van der Waals surface area contributed by atoms with Gasteiger partial charge in [-0.3, -0.25) is 9.59 Å². The SMILES string of the molecule is CC(C)(C)OC(=O)NCCCOc1ccc(/C=C/C(=O)CC(=O)/C=C/c2ccc(OCCCNC(=O)OC(C)(C)C)c(OCc3ccccc3)c2)cc1OCc1ccccc1. The summed E-state index contributed by atoms with van der Waals surface area (Å²) < 4.78 is 34.8. The van der Waals surface area contributed by atoms with Gasteiger partial charge in [0, 0.05) is 13.1 Å². The van der Waals surface area contributed by atoms with Crippen molar-refractivity contribution in [1.82, 2.24) is 10.6 Å². The molecular formula is C49H58N2O10. The van der Waals surface area contributed by atoms with E-state index in [0.29, 0.717) is 86.5 Å². The van der Waals surface area contributed by atoms with Crippen molar-refractivity contribution in [2.75, 3.05) is 26.3 Å². The predicted molar refractivity (Wildman–Crippen MR) is 236 cm³/mol. The molecule has 0 aromatic heterocycles. The number of hydrogen-bond acceptors (Lipinski definition) is 10. The summed E-state index contributed by atoms with van der Waals surface area (Å²) in [5.74, 6) is 1.26. The molecule has 4 aromatic carbocycles. The van der Waals surface area contributed by atoms with Crippen LogP contribution in [0.1, 0.15) is 83.1 Å². The molecule has 4 aromatic rings. The monoisotopic (exact) mass is 834 g/mol. The molecule has 0 aliphatic carbocycles. The molecule has 0 saturated carbocycles. The Labute approximate surface area is 359 Å². The van der Waals surface area contributed by atoms with Crippen molar-refractivity contribution in [3.63, 3.8) is 0 Å². The molecule has 2 amide bonds. The van der Waals surface area contributed by atoms with Gasteiger partial charge in [0.2, 0.25) is 0 Å². The Morgan fingerprint density at radius 2 is 0.902 bits per heavy atom. The van der Waals surface area contributed by atoms with Crippen molar-refractivity contribution in [3.05, 3.63) is 131 Å². The molecular weight excluding hydrogens is 777 g/mol. The fraction of sp³-hybridized carbons (Fsp3) is 0.347. The zero-order valence-electron chi connectivity index (χ0n) is 36.0. The summed E-state index contributed by atoms with van der Waals surface area (Å²) in [4.78, 5) is 49.7. The van der Waals surface area contributed by atoms with Crippen LogP contribution in [0, 0.1) is 0 Å². The van der Waals surface area contributed by atoms with Crippen molar-refractivity contribution in [2.45, 2.75) is 85.2 Å². The summed E-state index contributed by atoms with van der Waals surface area (Å²) in [6.07, 6.45) is 5.78. The van der Waals surface area contributed by atoms with Gasteiger partial charge in [-0.25, -0.2) is 9.59 Å². The van der Waals surface area contributed by atoms with Gasteiger partial charge in [0.25, 0.3) is 0 Å². The van der Waals surface area contributed by atoms with Crippen LogP contribution >= 0.6 is 0 Å². The second-order valence-corrected chi connectivity index (χ2v) is 16.0. The molecule has 0 saturated heterocycles. The lowest BCUT2D eigenvalue weighted by atomic mass is 10.1. The Morgan fingerprint density at radius 1 is 0.508 bits per heavy atom. The molecule has 0 aliphatic rings. The van der Waals surface area contributed by atoms with Gasteiger partial charge in [-0.15, -0.1) is 0 Å². The second-order valence-electron chi connectivity index (χ2n) is 16.0. The van der Waals surface area contributed by atoms with Crippen molar-refractivity contribution in [2.24, 2.45) is 0 Å². The topological polar surface area (TPSA) is 148 Å². The van der Waals surface area contributed by atoms with E-state index in [2.05, 4.69) is 10.6 Å². The summed E-state index contributed by atoms with van der Waals surface area (Å²) >= 11 is 0. The number of allylic oxidation sites excluding steroid dienone is 2. The third kappa shape index (κ3) is 19.4. The van der Waals surface area contributed by atoms with E-state index in [1.165, 1.54) is 12.2 Å². The Morgan fingerprint density at radius 3 is 1.28 bits per heavy atom. The van der Waals surface area contributed by atoms with Gasteiger partial charge >= 0.3 is 12.2 Å². The molecule has 0 unspecified atom stereocenters. The Hall–Kier alpha value is -6.56. The molecule has 4 rings (SSSR count). The Balaban J connectivity index is 1.34. The molecule has 12 heteroatoms. The van der Waals surface area contributed by atoms with E-state index >= 15 is 0 Å². The van der Waals surface area contributed by atoms with Crippen LogP contribution in [0.15, 0.2) is 109 Å². The van der Waals surface area contributed by atoms with Gasteiger partial charge in [0.05, 0.1) is 19.6 Å². The van der Waals surface area contributed by atoms with Gasteiger partial charge in [-0.1, -0.05) is 84.9 Å². The lowest BCUT2D eigenvalue weighted by Crippen LogP contribution is -2.33. The van der Waals surface area contributed by atoms with Gasteiger partial charge in [-0.2, -0.15) is 0 Å². The van der Waals surface area contributed by atoms with E-state index in [1.807, 2.05) is 60.7 Å². The van der Waals surface area contributed by atoms with E-state index < -0.39 is 23.4 Å². The largest absolute Gasteiger partial charge is 0.490 e. The van der Waals surface area contributed by atoms with Crippen LogP contribution in [0.3, 0.4) is 0 Å². The molecule has 12 nitrogen and oxygen atoms in total. The maximum Gasteiger partial charge on any atom is 0.407 e. The van der Waals surface area contributed by atoms with E-state index in [-0.39, 0.29) is 18.0 Å². The fourth-order valence-corrected chi connectivity index (χ4v) is 5.38. The first-order valence-electron chi connectivity index (χ1n) is 20.3. The molecule has 0 bridgehead atoms. The summed E-state index contributed by atoms with van der Waals surface area (Å²) in [7, 11) is 0. The molecule has 0 fully saturated rings. The molecule has 0 radical (unpaired) electrons. The van der Waals surface area contributed by atoms with E-state index in [4.69, 9.17) is 28.4 Å². The van der Waals surface area contributed by atoms with E-state index in [0.717, 1.165) is 11.1 Å². The minimum atomic E-state index is -0.582. The lowest BCUT2D eigenvalue weighted by Gasteiger charge is -2.19. The minimum Gasteiger partial charge on any atom is -0.490 e. The quantitative estimate of drug-likeness (QED) is 0.0446. The van der Waals surface area contributed by atoms with Crippen molar-refractivity contribution >= 4 is 35.9 Å². The van der Waals surface area contributed by atoms with Gasteiger partial charge in [0.15, 0.2) is 34.6 Å².